The van der Waals surface area contributed by atoms with Gasteiger partial charge < -0.3 is 15.2 Å². The van der Waals surface area contributed by atoms with Gasteiger partial charge in [0.15, 0.2) is 0 Å². The largest absolute Gasteiger partial charge is 0.478 e. The lowest BCUT2D eigenvalue weighted by atomic mass is 9.89. The van der Waals surface area contributed by atoms with Crippen molar-refractivity contribution in [1.82, 2.24) is 5.32 Å². The molecule has 1 aliphatic heterocycles. The molecule has 2 unspecified atom stereocenters. The smallest absolute Gasteiger partial charge is 0.335 e. The minimum absolute atomic E-state index is 0.00976. The van der Waals surface area contributed by atoms with Crippen LogP contribution in [-0.2, 0) is 16.0 Å². The van der Waals surface area contributed by atoms with Crippen LogP contribution >= 0.6 is 0 Å². The number of carboxylic acids is 1. The first-order valence-corrected chi connectivity index (χ1v) is 9.80. The second-order valence-corrected chi connectivity index (χ2v) is 7.41. The molecule has 1 aliphatic rings. The Bertz CT molecular complexity index is 798. The standard InChI is InChI=1S/C23H27NO4/c1-16-4-9-18(10-5-16)22-20(3-2-14-28-22)15-24-21(25)13-8-17-6-11-19(12-7-17)23(26)27/h4-7,9-12,20,22H,2-3,8,13-15H2,1H3,(H,24,25)(H,26,27). The van der Waals surface area contributed by atoms with Gasteiger partial charge in [-0.05, 0) is 49.4 Å². The lowest BCUT2D eigenvalue weighted by Crippen LogP contribution is -2.35. The van der Waals surface area contributed by atoms with Crippen LogP contribution in [0.3, 0.4) is 0 Å². The molecule has 2 aromatic carbocycles. The molecular weight excluding hydrogens is 354 g/mol. The Morgan fingerprint density at radius 3 is 2.50 bits per heavy atom. The van der Waals surface area contributed by atoms with E-state index >= 15 is 0 Å². The third-order valence-electron chi connectivity index (χ3n) is 5.25. The summed E-state index contributed by atoms with van der Waals surface area (Å²) in [6.07, 6.45) is 3.05. The number of carbonyl (C=O) groups excluding carboxylic acids is 1. The molecule has 1 amide bonds. The summed E-state index contributed by atoms with van der Waals surface area (Å²) in [6.45, 7) is 3.43. The minimum atomic E-state index is -0.942. The van der Waals surface area contributed by atoms with Crippen molar-refractivity contribution in [3.8, 4) is 0 Å². The number of aromatic carboxylic acids is 1. The van der Waals surface area contributed by atoms with Crippen LogP contribution in [0.5, 0.6) is 0 Å². The maximum Gasteiger partial charge on any atom is 0.335 e. The predicted octanol–water partition coefficient (Wildman–Crippen LogP) is 3.91. The van der Waals surface area contributed by atoms with Gasteiger partial charge in [-0.15, -0.1) is 0 Å². The predicted molar refractivity (Wildman–Crippen MR) is 107 cm³/mol. The van der Waals surface area contributed by atoms with E-state index in [1.807, 2.05) is 0 Å². The molecule has 2 N–H and O–H groups in total. The number of rotatable bonds is 7. The zero-order chi connectivity index (χ0) is 19.9. The summed E-state index contributed by atoms with van der Waals surface area (Å²) in [4.78, 5) is 23.2. The average molecular weight is 381 g/mol. The number of hydrogen-bond acceptors (Lipinski definition) is 3. The van der Waals surface area contributed by atoms with Crippen molar-refractivity contribution >= 4 is 11.9 Å². The molecule has 28 heavy (non-hydrogen) atoms. The van der Waals surface area contributed by atoms with E-state index in [4.69, 9.17) is 9.84 Å². The highest BCUT2D eigenvalue weighted by Crippen LogP contribution is 2.33. The summed E-state index contributed by atoms with van der Waals surface area (Å²) in [5.74, 6) is -0.659. The van der Waals surface area contributed by atoms with Crippen LogP contribution in [0.1, 0.15) is 52.4 Å². The van der Waals surface area contributed by atoms with Crippen LogP contribution in [0, 0.1) is 12.8 Å². The number of nitrogens with one attached hydrogen (secondary N) is 1. The van der Waals surface area contributed by atoms with E-state index in [1.165, 1.54) is 11.1 Å². The first-order valence-electron chi connectivity index (χ1n) is 9.80. The Labute approximate surface area is 165 Å². The van der Waals surface area contributed by atoms with Gasteiger partial charge in [-0.25, -0.2) is 4.79 Å². The highest BCUT2D eigenvalue weighted by Gasteiger charge is 2.27. The number of amides is 1. The Kier molecular flexibility index (Phi) is 6.82. The molecular formula is C23H27NO4. The fourth-order valence-electron chi connectivity index (χ4n) is 3.58. The fraction of sp³-hybridized carbons (Fsp3) is 0.391. The van der Waals surface area contributed by atoms with Crippen molar-refractivity contribution in [2.24, 2.45) is 5.92 Å². The summed E-state index contributed by atoms with van der Waals surface area (Å²) >= 11 is 0. The maximum atomic E-state index is 12.3. The third-order valence-corrected chi connectivity index (χ3v) is 5.25. The molecule has 5 nitrogen and oxygen atoms in total. The second kappa shape index (κ2) is 9.51. The van der Waals surface area contributed by atoms with Gasteiger partial charge in [0, 0.05) is 25.5 Å². The van der Waals surface area contributed by atoms with E-state index in [9.17, 15) is 9.59 Å². The lowest BCUT2D eigenvalue weighted by Gasteiger charge is -2.32. The number of ether oxygens (including phenoxy) is 1. The minimum Gasteiger partial charge on any atom is -0.478 e. The summed E-state index contributed by atoms with van der Waals surface area (Å²) in [5.41, 5.74) is 3.61. The molecule has 1 heterocycles. The van der Waals surface area contributed by atoms with Gasteiger partial charge in [-0.3, -0.25) is 4.79 Å². The van der Waals surface area contributed by atoms with Crippen molar-refractivity contribution < 1.29 is 19.4 Å². The highest BCUT2D eigenvalue weighted by molar-refractivity contribution is 5.87. The molecule has 5 heteroatoms. The van der Waals surface area contributed by atoms with Crippen LogP contribution < -0.4 is 5.32 Å². The Morgan fingerprint density at radius 2 is 1.82 bits per heavy atom. The van der Waals surface area contributed by atoms with Crippen LogP contribution in [0.15, 0.2) is 48.5 Å². The Hall–Kier alpha value is -2.66. The van der Waals surface area contributed by atoms with Crippen molar-refractivity contribution in [3.63, 3.8) is 0 Å². The molecule has 1 saturated heterocycles. The van der Waals surface area contributed by atoms with E-state index in [-0.39, 0.29) is 23.5 Å². The molecule has 2 aromatic rings. The SMILES string of the molecule is Cc1ccc(C2OCCCC2CNC(=O)CCc2ccc(C(=O)O)cc2)cc1. The first-order chi connectivity index (χ1) is 13.5. The molecule has 0 aliphatic carbocycles. The zero-order valence-corrected chi connectivity index (χ0v) is 16.2. The number of carbonyl (C=O) groups is 2. The van der Waals surface area contributed by atoms with Crippen LogP contribution in [-0.4, -0.2) is 30.1 Å². The van der Waals surface area contributed by atoms with Crippen molar-refractivity contribution in [2.75, 3.05) is 13.2 Å². The van der Waals surface area contributed by atoms with Gasteiger partial charge in [0.2, 0.25) is 5.91 Å². The van der Waals surface area contributed by atoms with E-state index in [0.29, 0.717) is 19.4 Å². The van der Waals surface area contributed by atoms with Crippen LogP contribution in [0.4, 0.5) is 0 Å². The Balaban J connectivity index is 1.49. The summed E-state index contributed by atoms with van der Waals surface area (Å²) in [5, 5.41) is 12.0. The number of aryl methyl sites for hydroxylation is 2. The van der Waals surface area contributed by atoms with Crippen molar-refractivity contribution in [1.29, 1.82) is 0 Å². The topological polar surface area (TPSA) is 75.6 Å². The second-order valence-electron chi connectivity index (χ2n) is 7.41. The van der Waals surface area contributed by atoms with Gasteiger partial charge in [-0.1, -0.05) is 42.0 Å². The van der Waals surface area contributed by atoms with E-state index < -0.39 is 5.97 Å². The van der Waals surface area contributed by atoms with Crippen LogP contribution in [0.25, 0.3) is 0 Å². The summed E-state index contributed by atoms with van der Waals surface area (Å²) < 4.78 is 6.01. The summed E-state index contributed by atoms with van der Waals surface area (Å²) in [7, 11) is 0. The van der Waals surface area contributed by atoms with E-state index in [2.05, 4.69) is 36.5 Å². The fourth-order valence-corrected chi connectivity index (χ4v) is 3.58. The third kappa shape index (κ3) is 5.42. The van der Waals surface area contributed by atoms with Gasteiger partial charge in [0.25, 0.3) is 0 Å². The maximum absolute atomic E-state index is 12.3. The van der Waals surface area contributed by atoms with E-state index in [1.54, 1.807) is 24.3 Å². The Morgan fingerprint density at radius 1 is 1.11 bits per heavy atom. The quantitative estimate of drug-likeness (QED) is 0.762. The molecule has 0 saturated carbocycles. The van der Waals surface area contributed by atoms with E-state index in [0.717, 1.165) is 25.0 Å². The lowest BCUT2D eigenvalue weighted by molar-refractivity contribution is -0.121. The number of hydrogen-bond donors (Lipinski definition) is 2. The number of benzene rings is 2. The average Bonchev–Trinajstić information content (AvgIpc) is 2.72. The molecule has 0 aromatic heterocycles. The molecule has 0 spiro atoms. The van der Waals surface area contributed by atoms with Gasteiger partial charge in [0.1, 0.15) is 0 Å². The van der Waals surface area contributed by atoms with Gasteiger partial charge >= 0.3 is 5.97 Å². The normalized spacial score (nSPS) is 19.2. The van der Waals surface area contributed by atoms with Crippen LogP contribution in [0.2, 0.25) is 0 Å². The van der Waals surface area contributed by atoms with Crippen molar-refractivity contribution in [3.05, 3.63) is 70.8 Å². The van der Waals surface area contributed by atoms with Gasteiger partial charge in [0.05, 0.1) is 11.7 Å². The zero-order valence-electron chi connectivity index (χ0n) is 16.2. The molecule has 2 atom stereocenters. The monoisotopic (exact) mass is 381 g/mol. The molecule has 3 rings (SSSR count). The molecule has 148 valence electrons. The van der Waals surface area contributed by atoms with Gasteiger partial charge in [-0.2, -0.15) is 0 Å². The molecule has 1 fully saturated rings. The molecule has 0 radical (unpaired) electrons. The molecule has 0 bridgehead atoms. The number of carboxylic acid groups (broad SMARTS) is 1. The summed E-state index contributed by atoms with van der Waals surface area (Å²) in [6, 6.07) is 15.1. The highest BCUT2D eigenvalue weighted by atomic mass is 16.5. The van der Waals surface area contributed by atoms with Crippen molar-refractivity contribution in [2.45, 2.75) is 38.7 Å². The first kappa shape index (κ1) is 20.1.